The Morgan fingerprint density at radius 1 is 1.38 bits per heavy atom. The van der Waals surface area contributed by atoms with Crippen molar-refractivity contribution in [1.29, 1.82) is 0 Å². The van der Waals surface area contributed by atoms with Crippen LogP contribution in [-0.2, 0) is 13.1 Å². The van der Waals surface area contributed by atoms with E-state index in [2.05, 4.69) is 16.6 Å². The average Bonchev–Trinajstić information content (AvgIpc) is 2.55. The number of hydrogen-bond donors (Lipinski definition) is 2. The van der Waals surface area contributed by atoms with Crippen molar-refractivity contribution in [2.45, 2.75) is 26.4 Å². The summed E-state index contributed by atoms with van der Waals surface area (Å²) in [6.07, 6.45) is 1.81. The molecule has 2 N–H and O–H groups in total. The highest BCUT2D eigenvalue weighted by Crippen LogP contribution is 2.14. The normalized spacial score (nSPS) is 11.5. The fourth-order valence-electron chi connectivity index (χ4n) is 2.26. The summed E-state index contributed by atoms with van der Waals surface area (Å²) in [5, 5.41) is 10.3. The first-order valence-electron chi connectivity index (χ1n) is 7.43. The average molecular weight is 331 g/mol. The van der Waals surface area contributed by atoms with Gasteiger partial charge in [0.15, 0.2) is 0 Å². The maximum atomic E-state index is 12.9. The van der Waals surface area contributed by atoms with Crippen LogP contribution in [0.3, 0.4) is 0 Å². The third kappa shape index (κ3) is 3.68. The Kier molecular flexibility index (Phi) is 5.47. The van der Waals surface area contributed by atoms with Crippen LogP contribution in [0.1, 0.15) is 24.5 Å². The molecule has 1 heterocycles. The topological polar surface area (TPSA) is 87.4 Å². The van der Waals surface area contributed by atoms with E-state index >= 15 is 0 Å². The van der Waals surface area contributed by atoms with E-state index in [1.807, 2.05) is 0 Å². The minimum atomic E-state index is -0.713. The van der Waals surface area contributed by atoms with Crippen molar-refractivity contribution in [2.24, 2.45) is 4.99 Å². The Hall–Kier alpha value is -2.96. The number of halogens is 1. The highest BCUT2D eigenvalue weighted by molar-refractivity contribution is 6.01. The zero-order chi connectivity index (χ0) is 17.7. The standard InChI is InChI=1S/C17H18FN3O3/c1-3-9-21-16(23)14(15(22)20-17(21)24)13(4-2)19-10-11-5-7-12(18)8-6-11/h3,5-8,23H,1,4,9-10H2,2H3,(H,20,22,24). The van der Waals surface area contributed by atoms with Crippen LogP contribution in [0, 0.1) is 5.82 Å². The van der Waals surface area contributed by atoms with E-state index in [1.165, 1.54) is 18.2 Å². The summed E-state index contributed by atoms with van der Waals surface area (Å²) in [6, 6.07) is 5.83. The van der Waals surface area contributed by atoms with Crippen molar-refractivity contribution in [3.8, 4) is 5.88 Å². The molecular weight excluding hydrogens is 313 g/mol. The number of nitrogens with zero attached hydrogens (tertiary/aromatic N) is 2. The third-order valence-electron chi connectivity index (χ3n) is 3.47. The molecule has 0 radical (unpaired) electrons. The van der Waals surface area contributed by atoms with Gasteiger partial charge < -0.3 is 5.11 Å². The first-order chi connectivity index (χ1) is 11.5. The van der Waals surface area contributed by atoms with Gasteiger partial charge >= 0.3 is 5.69 Å². The summed E-state index contributed by atoms with van der Waals surface area (Å²) in [7, 11) is 0. The first kappa shape index (κ1) is 17.4. The quantitative estimate of drug-likeness (QED) is 0.626. The molecule has 0 spiro atoms. The second kappa shape index (κ2) is 7.54. The third-order valence-corrected chi connectivity index (χ3v) is 3.47. The minimum Gasteiger partial charge on any atom is -0.494 e. The van der Waals surface area contributed by atoms with Crippen molar-refractivity contribution >= 4 is 5.71 Å². The predicted octanol–water partition coefficient (Wildman–Crippen LogP) is 1.97. The maximum Gasteiger partial charge on any atom is 0.331 e. The summed E-state index contributed by atoms with van der Waals surface area (Å²) in [5.41, 5.74) is -0.331. The molecule has 126 valence electrons. The number of benzene rings is 1. The number of hydrogen-bond acceptors (Lipinski definition) is 4. The SMILES string of the molecule is C=CCn1c(O)c(C(CC)=NCc2ccc(F)cc2)c(=O)[nH]c1=O. The summed E-state index contributed by atoms with van der Waals surface area (Å²) < 4.78 is 13.9. The fraction of sp³-hybridized carbons (Fsp3) is 0.235. The Morgan fingerprint density at radius 2 is 2.04 bits per heavy atom. The maximum absolute atomic E-state index is 12.9. The van der Waals surface area contributed by atoms with Crippen LogP contribution < -0.4 is 11.2 Å². The van der Waals surface area contributed by atoms with Gasteiger partial charge in [0.05, 0.1) is 12.3 Å². The van der Waals surface area contributed by atoms with Gasteiger partial charge in [-0.15, -0.1) is 6.58 Å². The van der Waals surface area contributed by atoms with Gasteiger partial charge in [-0.25, -0.2) is 9.18 Å². The van der Waals surface area contributed by atoms with Gasteiger partial charge in [0.2, 0.25) is 5.88 Å². The van der Waals surface area contributed by atoms with Crippen LogP contribution in [0.25, 0.3) is 0 Å². The minimum absolute atomic E-state index is 0.0407. The van der Waals surface area contributed by atoms with Gasteiger partial charge in [0, 0.05) is 6.54 Å². The molecule has 0 aliphatic carbocycles. The van der Waals surface area contributed by atoms with Gasteiger partial charge in [-0.2, -0.15) is 0 Å². The summed E-state index contributed by atoms with van der Waals surface area (Å²) in [5.74, 6) is -0.785. The van der Waals surface area contributed by atoms with E-state index in [-0.39, 0.29) is 24.5 Å². The summed E-state index contributed by atoms with van der Waals surface area (Å²) in [6.45, 7) is 5.58. The summed E-state index contributed by atoms with van der Waals surface area (Å²) >= 11 is 0. The number of H-pyrrole nitrogens is 1. The molecule has 0 aliphatic heterocycles. The van der Waals surface area contributed by atoms with Gasteiger partial charge in [-0.1, -0.05) is 25.1 Å². The molecule has 2 rings (SSSR count). The first-order valence-corrected chi connectivity index (χ1v) is 7.43. The van der Waals surface area contributed by atoms with Crippen LogP contribution in [0.4, 0.5) is 4.39 Å². The molecule has 24 heavy (non-hydrogen) atoms. The van der Waals surface area contributed by atoms with E-state index < -0.39 is 17.1 Å². The largest absolute Gasteiger partial charge is 0.494 e. The van der Waals surface area contributed by atoms with Crippen molar-refractivity contribution in [3.63, 3.8) is 0 Å². The molecule has 6 nitrogen and oxygen atoms in total. The monoisotopic (exact) mass is 331 g/mol. The van der Waals surface area contributed by atoms with E-state index in [9.17, 15) is 19.1 Å². The number of aromatic hydroxyl groups is 1. The molecule has 0 aliphatic rings. The number of aliphatic imine (C=N–C) groups is 1. The molecule has 0 unspecified atom stereocenters. The Bertz CT molecular complexity index is 879. The summed E-state index contributed by atoms with van der Waals surface area (Å²) in [4.78, 5) is 30.3. The molecule has 0 atom stereocenters. The van der Waals surface area contributed by atoms with E-state index in [0.29, 0.717) is 12.1 Å². The molecule has 0 fully saturated rings. The molecule has 1 aromatic carbocycles. The highest BCUT2D eigenvalue weighted by Gasteiger charge is 2.17. The van der Waals surface area contributed by atoms with E-state index in [0.717, 1.165) is 10.1 Å². The second-order valence-electron chi connectivity index (χ2n) is 5.10. The number of rotatable bonds is 6. The van der Waals surface area contributed by atoms with Crippen molar-refractivity contribution in [3.05, 3.63) is 74.7 Å². The molecule has 2 aromatic rings. The zero-order valence-corrected chi connectivity index (χ0v) is 13.3. The number of aromatic amines is 1. The Morgan fingerprint density at radius 3 is 2.62 bits per heavy atom. The number of nitrogens with one attached hydrogen (secondary N) is 1. The van der Waals surface area contributed by atoms with Crippen LogP contribution in [0.15, 0.2) is 51.5 Å². The van der Waals surface area contributed by atoms with Crippen LogP contribution in [0.2, 0.25) is 0 Å². The molecule has 0 amide bonds. The lowest BCUT2D eigenvalue weighted by Crippen LogP contribution is -2.33. The number of allylic oxidation sites excluding steroid dienone is 1. The van der Waals surface area contributed by atoms with Crippen molar-refractivity contribution in [2.75, 3.05) is 0 Å². The lowest BCUT2D eigenvalue weighted by atomic mass is 10.1. The Balaban J connectivity index is 2.46. The van der Waals surface area contributed by atoms with Crippen molar-refractivity contribution in [1.82, 2.24) is 9.55 Å². The Labute approximate surface area is 137 Å². The van der Waals surface area contributed by atoms with Gasteiger partial charge in [0.25, 0.3) is 5.56 Å². The van der Waals surface area contributed by atoms with Gasteiger partial charge in [-0.05, 0) is 24.1 Å². The number of aromatic nitrogens is 2. The van der Waals surface area contributed by atoms with Crippen LogP contribution in [-0.4, -0.2) is 20.4 Å². The predicted molar refractivity (Wildman–Crippen MR) is 90.1 cm³/mol. The molecule has 0 saturated carbocycles. The molecule has 0 bridgehead atoms. The molecular formula is C17H18FN3O3. The lowest BCUT2D eigenvalue weighted by molar-refractivity contribution is 0.409. The second-order valence-corrected chi connectivity index (χ2v) is 5.10. The zero-order valence-electron chi connectivity index (χ0n) is 13.3. The van der Waals surface area contributed by atoms with Crippen molar-refractivity contribution < 1.29 is 9.50 Å². The van der Waals surface area contributed by atoms with E-state index in [1.54, 1.807) is 19.1 Å². The highest BCUT2D eigenvalue weighted by atomic mass is 19.1. The van der Waals surface area contributed by atoms with E-state index in [4.69, 9.17) is 0 Å². The molecule has 1 aromatic heterocycles. The molecule has 7 heteroatoms. The van der Waals surface area contributed by atoms with Crippen LogP contribution in [0.5, 0.6) is 5.88 Å². The molecule has 0 saturated heterocycles. The van der Waals surface area contributed by atoms with Crippen LogP contribution >= 0.6 is 0 Å². The van der Waals surface area contributed by atoms with Gasteiger partial charge in [0.1, 0.15) is 11.4 Å². The van der Waals surface area contributed by atoms with Gasteiger partial charge in [-0.3, -0.25) is 19.3 Å². The fourth-order valence-corrected chi connectivity index (χ4v) is 2.26. The smallest absolute Gasteiger partial charge is 0.331 e. The lowest BCUT2D eigenvalue weighted by Gasteiger charge is -2.11.